The number of hydrogen-bond acceptors (Lipinski definition) is 3. The molecule has 2 aromatic heterocycles. The van der Waals surface area contributed by atoms with E-state index in [9.17, 15) is 18.0 Å². The van der Waals surface area contributed by atoms with Gasteiger partial charge in [0, 0.05) is 24.7 Å². The third kappa shape index (κ3) is 3.96. The summed E-state index contributed by atoms with van der Waals surface area (Å²) in [6.45, 7) is 0.390. The maximum atomic E-state index is 12.5. The van der Waals surface area contributed by atoms with E-state index in [0.29, 0.717) is 19.4 Å². The van der Waals surface area contributed by atoms with E-state index in [1.807, 2.05) is 28.8 Å². The quantitative estimate of drug-likeness (QED) is 0.721. The number of hydrogen-bond donors (Lipinski definition) is 1. The van der Waals surface area contributed by atoms with Gasteiger partial charge >= 0.3 is 6.18 Å². The highest BCUT2D eigenvalue weighted by molar-refractivity contribution is 5.94. The van der Waals surface area contributed by atoms with Crippen molar-refractivity contribution in [1.82, 2.24) is 19.9 Å². The number of fused-ring (bicyclic) bond motifs is 1. The summed E-state index contributed by atoms with van der Waals surface area (Å²) in [7, 11) is 0. The van der Waals surface area contributed by atoms with E-state index in [1.54, 1.807) is 0 Å². The van der Waals surface area contributed by atoms with Crippen molar-refractivity contribution in [2.24, 2.45) is 0 Å². The van der Waals surface area contributed by atoms with Crippen LogP contribution in [0.2, 0.25) is 0 Å². The molecule has 1 N–H and O–H groups in total. The second kappa shape index (κ2) is 6.92. The molecule has 0 aliphatic carbocycles. The Morgan fingerprint density at radius 1 is 1.08 bits per heavy atom. The zero-order valence-electron chi connectivity index (χ0n) is 13.1. The molecule has 0 aliphatic rings. The number of alkyl halides is 3. The Hall–Kier alpha value is -2.90. The topological polar surface area (TPSA) is 59.3 Å². The third-order valence-electron chi connectivity index (χ3n) is 3.72. The number of amides is 1. The summed E-state index contributed by atoms with van der Waals surface area (Å²) >= 11 is 0. The van der Waals surface area contributed by atoms with Crippen molar-refractivity contribution in [3.05, 3.63) is 65.6 Å². The van der Waals surface area contributed by atoms with Crippen LogP contribution in [0.4, 0.5) is 13.2 Å². The first-order valence-electron chi connectivity index (χ1n) is 7.69. The summed E-state index contributed by atoms with van der Waals surface area (Å²) in [5, 5.41) is 10.8. The van der Waals surface area contributed by atoms with Gasteiger partial charge in [-0.25, -0.2) is 0 Å². The molecule has 0 unspecified atom stereocenters. The Kier molecular flexibility index (Phi) is 4.69. The highest BCUT2D eigenvalue weighted by atomic mass is 19.4. The monoisotopic (exact) mass is 348 g/mol. The number of halogens is 3. The summed E-state index contributed by atoms with van der Waals surface area (Å²) in [6.07, 6.45) is -1.28. The molecule has 5 nitrogen and oxygen atoms in total. The lowest BCUT2D eigenvalue weighted by Crippen LogP contribution is -2.25. The number of aryl methyl sites for hydroxylation is 1. The van der Waals surface area contributed by atoms with Crippen LogP contribution in [0.1, 0.15) is 28.2 Å². The molecule has 8 heteroatoms. The molecular formula is C17H15F3N4O. The minimum Gasteiger partial charge on any atom is -0.352 e. The number of aromatic nitrogens is 3. The average molecular weight is 348 g/mol. The fourth-order valence-corrected chi connectivity index (χ4v) is 2.42. The molecular weight excluding hydrogens is 333 g/mol. The van der Waals surface area contributed by atoms with Crippen LogP contribution >= 0.6 is 0 Å². The van der Waals surface area contributed by atoms with Gasteiger partial charge in [-0.15, -0.1) is 10.2 Å². The number of pyridine rings is 1. The smallest absolute Gasteiger partial charge is 0.352 e. The van der Waals surface area contributed by atoms with Gasteiger partial charge in [0.1, 0.15) is 5.82 Å². The second-order valence-corrected chi connectivity index (χ2v) is 5.48. The average Bonchev–Trinajstić information content (AvgIpc) is 3.01. The van der Waals surface area contributed by atoms with E-state index in [-0.39, 0.29) is 5.56 Å². The van der Waals surface area contributed by atoms with Crippen molar-refractivity contribution >= 4 is 11.6 Å². The fraction of sp³-hybridized carbons (Fsp3) is 0.235. The van der Waals surface area contributed by atoms with E-state index >= 15 is 0 Å². The number of carbonyl (C=O) groups is 1. The molecule has 0 aliphatic heterocycles. The van der Waals surface area contributed by atoms with Crippen molar-refractivity contribution in [1.29, 1.82) is 0 Å². The number of rotatable bonds is 5. The molecule has 3 aromatic rings. The van der Waals surface area contributed by atoms with Gasteiger partial charge in [0.15, 0.2) is 5.65 Å². The van der Waals surface area contributed by atoms with Gasteiger partial charge < -0.3 is 5.32 Å². The largest absolute Gasteiger partial charge is 0.416 e. The number of nitrogens with zero attached hydrogens (tertiary/aromatic N) is 3. The fourth-order valence-electron chi connectivity index (χ4n) is 2.42. The SMILES string of the molecule is O=C(NCCCc1nnc2ccccn12)c1ccc(C(F)(F)F)cc1. The summed E-state index contributed by atoms with van der Waals surface area (Å²) < 4.78 is 39.4. The predicted molar refractivity (Wildman–Crippen MR) is 85.1 cm³/mol. The highest BCUT2D eigenvalue weighted by Gasteiger charge is 2.30. The summed E-state index contributed by atoms with van der Waals surface area (Å²) in [4.78, 5) is 12.0. The number of benzene rings is 1. The van der Waals surface area contributed by atoms with Gasteiger partial charge in [-0.2, -0.15) is 13.2 Å². The molecule has 1 aromatic carbocycles. The number of nitrogens with one attached hydrogen (secondary N) is 1. The van der Waals surface area contributed by atoms with Crippen LogP contribution < -0.4 is 5.32 Å². The molecule has 0 spiro atoms. The van der Waals surface area contributed by atoms with Gasteiger partial charge in [0.2, 0.25) is 0 Å². The minimum atomic E-state index is -4.41. The van der Waals surface area contributed by atoms with Gasteiger partial charge in [0.05, 0.1) is 5.56 Å². The maximum absolute atomic E-state index is 12.5. The van der Waals surface area contributed by atoms with E-state index in [0.717, 1.165) is 23.6 Å². The highest BCUT2D eigenvalue weighted by Crippen LogP contribution is 2.29. The zero-order chi connectivity index (χ0) is 17.9. The van der Waals surface area contributed by atoms with E-state index in [4.69, 9.17) is 0 Å². The van der Waals surface area contributed by atoms with Crippen LogP contribution in [0.25, 0.3) is 5.65 Å². The van der Waals surface area contributed by atoms with Gasteiger partial charge in [-0.3, -0.25) is 9.20 Å². The molecule has 0 bridgehead atoms. The molecule has 0 atom stereocenters. The second-order valence-electron chi connectivity index (χ2n) is 5.48. The third-order valence-corrected chi connectivity index (χ3v) is 3.72. The first-order valence-corrected chi connectivity index (χ1v) is 7.69. The van der Waals surface area contributed by atoms with Crippen LogP contribution in [0.3, 0.4) is 0 Å². The maximum Gasteiger partial charge on any atom is 0.416 e. The summed E-state index contributed by atoms with van der Waals surface area (Å²) in [5.74, 6) is 0.388. The zero-order valence-corrected chi connectivity index (χ0v) is 13.1. The van der Waals surface area contributed by atoms with Crippen LogP contribution in [-0.2, 0) is 12.6 Å². The van der Waals surface area contributed by atoms with Crippen LogP contribution in [-0.4, -0.2) is 27.0 Å². The Morgan fingerprint density at radius 2 is 1.84 bits per heavy atom. The van der Waals surface area contributed by atoms with Crippen molar-refractivity contribution in [3.8, 4) is 0 Å². The van der Waals surface area contributed by atoms with Gasteiger partial charge in [-0.05, 0) is 42.8 Å². The predicted octanol–water partition coefficient (Wildman–Crippen LogP) is 3.11. The van der Waals surface area contributed by atoms with E-state index in [1.165, 1.54) is 12.1 Å². The van der Waals surface area contributed by atoms with Crippen molar-refractivity contribution < 1.29 is 18.0 Å². The van der Waals surface area contributed by atoms with E-state index in [2.05, 4.69) is 15.5 Å². The Bertz CT molecular complexity index is 871. The van der Waals surface area contributed by atoms with Crippen molar-refractivity contribution in [2.75, 3.05) is 6.54 Å². The molecule has 0 saturated carbocycles. The first kappa shape index (κ1) is 16.9. The molecule has 0 saturated heterocycles. The Labute approximate surface area is 141 Å². The van der Waals surface area contributed by atoms with Gasteiger partial charge in [-0.1, -0.05) is 6.07 Å². The first-order chi connectivity index (χ1) is 11.9. The number of carbonyl (C=O) groups excluding carboxylic acids is 1. The molecule has 2 heterocycles. The minimum absolute atomic E-state index is 0.195. The molecule has 130 valence electrons. The Balaban J connectivity index is 1.51. The van der Waals surface area contributed by atoms with Gasteiger partial charge in [0.25, 0.3) is 5.91 Å². The van der Waals surface area contributed by atoms with Crippen LogP contribution in [0.5, 0.6) is 0 Å². The molecule has 0 radical (unpaired) electrons. The lowest BCUT2D eigenvalue weighted by Gasteiger charge is -2.08. The Morgan fingerprint density at radius 3 is 2.56 bits per heavy atom. The molecule has 3 rings (SSSR count). The summed E-state index contributed by atoms with van der Waals surface area (Å²) in [5.41, 5.74) is 0.176. The van der Waals surface area contributed by atoms with Crippen molar-refractivity contribution in [2.45, 2.75) is 19.0 Å². The lowest BCUT2D eigenvalue weighted by atomic mass is 10.1. The molecule has 25 heavy (non-hydrogen) atoms. The standard InChI is InChI=1S/C17H15F3N4O/c18-17(19,20)13-8-6-12(7-9-13)16(25)21-10-3-5-15-23-22-14-4-1-2-11-24(14)15/h1-2,4,6-9,11H,3,5,10H2,(H,21,25). The van der Waals surface area contributed by atoms with Crippen LogP contribution in [0.15, 0.2) is 48.7 Å². The van der Waals surface area contributed by atoms with Crippen LogP contribution in [0, 0.1) is 0 Å². The van der Waals surface area contributed by atoms with E-state index < -0.39 is 17.6 Å². The molecule has 1 amide bonds. The lowest BCUT2D eigenvalue weighted by molar-refractivity contribution is -0.137. The summed E-state index contributed by atoms with van der Waals surface area (Å²) in [6, 6.07) is 9.75. The van der Waals surface area contributed by atoms with Crippen molar-refractivity contribution in [3.63, 3.8) is 0 Å². The molecule has 0 fully saturated rings. The normalized spacial score (nSPS) is 11.6.